The number of quaternary nitrogens is 1. The predicted molar refractivity (Wildman–Crippen MR) is 67.9 cm³/mol. The van der Waals surface area contributed by atoms with E-state index in [1.54, 1.807) is 5.57 Å². The van der Waals surface area contributed by atoms with Crippen LogP contribution in [0, 0.1) is 0 Å². The Morgan fingerprint density at radius 3 is 2.33 bits per heavy atom. The molecular formula is C14H28N+. The smallest absolute Gasteiger partial charge is 0.100 e. The van der Waals surface area contributed by atoms with E-state index in [2.05, 4.69) is 27.0 Å². The van der Waals surface area contributed by atoms with Crippen LogP contribution >= 0.6 is 0 Å². The van der Waals surface area contributed by atoms with Crippen molar-refractivity contribution in [3.63, 3.8) is 0 Å². The lowest BCUT2D eigenvalue weighted by Crippen LogP contribution is -2.48. The maximum atomic E-state index is 2.48. The van der Waals surface area contributed by atoms with Crippen molar-refractivity contribution in [2.45, 2.75) is 52.4 Å². The van der Waals surface area contributed by atoms with Crippen LogP contribution in [-0.2, 0) is 0 Å². The topological polar surface area (TPSA) is 0 Å². The van der Waals surface area contributed by atoms with Crippen LogP contribution in [0.3, 0.4) is 0 Å². The number of likely N-dealkylation sites (tertiary alicyclic amines) is 1. The van der Waals surface area contributed by atoms with Gasteiger partial charge in [-0.15, -0.1) is 0 Å². The van der Waals surface area contributed by atoms with Crippen molar-refractivity contribution in [1.29, 1.82) is 0 Å². The van der Waals surface area contributed by atoms with Crippen molar-refractivity contribution < 1.29 is 4.48 Å². The third-order valence-corrected chi connectivity index (χ3v) is 3.66. The average Bonchev–Trinajstić information content (AvgIpc) is 2.25. The Balaban J connectivity index is 2.48. The number of hydrogen-bond donors (Lipinski definition) is 0. The van der Waals surface area contributed by atoms with Crippen molar-refractivity contribution in [1.82, 2.24) is 0 Å². The van der Waals surface area contributed by atoms with Gasteiger partial charge >= 0.3 is 0 Å². The molecule has 1 aliphatic heterocycles. The molecule has 0 atom stereocenters. The molecule has 1 saturated heterocycles. The Hall–Kier alpha value is -0.300. The van der Waals surface area contributed by atoms with Crippen LogP contribution in [0.25, 0.3) is 0 Å². The van der Waals surface area contributed by atoms with Crippen LogP contribution < -0.4 is 0 Å². The maximum Gasteiger partial charge on any atom is 0.100 e. The van der Waals surface area contributed by atoms with Crippen LogP contribution in [0.5, 0.6) is 0 Å². The number of unbranched alkanes of at least 4 members (excludes halogenated alkanes) is 1. The van der Waals surface area contributed by atoms with E-state index in [9.17, 15) is 0 Å². The van der Waals surface area contributed by atoms with E-state index in [4.69, 9.17) is 0 Å². The average molecular weight is 210 g/mol. The van der Waals surface area contributed by atoms with Gasteiger partial charge in [-0.05, 0) is 37.7 Å². The zero-order valence-corrected chi connectivity index (χ0v) is 10.9. The van der Waals surface area contributed by atoms with E-state index < -0.39 is 0 Å². The van der Waals surface area contributed by atoms with Gasteiger partial charge in [0.05, 0.1) is 20.1 Å². The van der Waals surface area contributed by atoms with Gasteiger partial charge in [-0.2, -0.15) is 0 Å². The highest BCUT2D eigenvalue weighted by Gasteiger charge is 2.24. The third kappa shape index (κ3) is 4.38. The maximum absolute atomic E-state index is 2.48. The molecule has 0 aliphatic carbocycles. The highest BCUT2D eigenvalue weighted by Crippen LogP contribution is 2.19. The zero-order chi connectivity index (χ0) is 11.1. The van der Waals surface area contributed by atoms with Crippen molar-refractivity contribution in [3.8, 4) is 0 Å². The Morgan fingerprint density at radius 2 is 1.80 bits per heavy atom. The molecule has 0 aromatic heterocycles. The molecule has 1 heteroatoms. The summed E-state index contributed by atoms with van der Waals surface area (Å²) in [4.78, 5) is 0. The molecule has 1 nitrogen and oxygen atoms in total. The Bertz CT molecular complexity index is 199. The number of nitrogens with zero attached hydrogens (tertiary/aromatic N) is 1. The molecule has 1 rings (SSSR count). The molecule has 88 valence electrons. The Labute approximate surface area is 95.8 Å². The van der Waals surface area contributed by atoms with Crippen molar-refractivity contribution in [2.75, 3.05) is 26.7 Å². The SMILES string of the molecule is CCCC=C(CC)C[N+]1(C)CCCCC1. The highest BCUT2D eigenvalue weighted by molar-refractivity contribution is 5.01. The summed E-state index contributed by atoms with van der Waals surface area (Å²) in [5, 5.41) is 0. The molecule has 0 radical (unpaired) electrons. The van der Waals surface area contributed by atoms with E-state index in [1.165, 1.54) is 62.6 Å². The summed E-state index contributed by atoms with van der Waals surface area (Å²) in [7, 11) is 2.44. The molecule has 0 saturated carbocycles. The molecule has 1 aliphatic rings. The Morgan fingerprint density at radius 1 is 1.13 bits per heavy atom. The van der Waals surface area contributed by atoms with Gasteiger partial charge in [0.1, 0.15) is 6.54 Å². The normalized spacial score (nSPS) is 21.7. The van der Waals surface area contributed by atoms with E-state index in [1.807, 2.05) is 0 Å². The van der Waals surface area contributed by atoms with E-state index in [0.717, 1.165) is 0 Å². The van der Waals surface area contributed by atoms with Gasteiger partial charge < -0.3 is 4.48 Å². The number of allylic oxidation sites excluding steroid dienone is 1. The second-order valence-electron chi connectivity index (χ2n) is 5.29. The summed E-state index contributed by atoms with van der Waals surface area (Å²) < 4.78 is 1.30. The summed E-state index contributed by atoms with van der Waals surface area (Å²) in [6, 6.07) is 0. The molecule has 0 aromatic rings. The van der Waals surface area contributed by atoms with Crippen molar-refractivity contribution >= 4 is 0 Å². The van der Waals surface area contributed by atoms with Gasteiger partial charge in [0.2, 0.25) is 0 Å². The molecular weight excluding hydrogens is 182 g/mol. The fraction of sp³-hybridized carbons (Fsp3) is 0.857. The minimum absolute atomic E-state index is 1.24. The summed E-state index contributed by atoms with van der Waals surface area (Å²) in [5.74, 6) is 0. The van der Waals surface area contributed by atoms with Gasteiger partial charge in [-0.1, -0.05) is 26.3 Å². The van der Waals surface area contributed by atoms with Crippen LogP contribution in [-0.4, -0.2) is 31.2 Å². The molecule has 0 amide bonds. The standard InChI is InChI=1S/C14H28N/c1-4-6-10-14(5-2)13-15(3)11-8-7-9-12-15/h10H,4-9,11-13H2,1-3H3/q+1. The molecule has 1 fully saturated rings. The van der Waals surface area contributed by atoms with Crippen molar-refractivity contribution in [2.24, 2.45) is 0 Å². The zero-order valence-electron chi connectivity index (χ0n) is 10.9. The minimum Gasteiger partial charge on any atom is -0.323 e. The quantitative estimate of drug-likeness (QED) is 0.479. The van der Waals surface area contributed by atoms with Crippen LogP contribution in [0.2, 0.25) is 0 Å². The molecule has 0 bridgehead atoms. The third-order valence-electron chi connectivity index (χ3n) is 3.66. The van der Waals surface area contributed by atoms with Gasteiger partial charge in [-0.3, -0.25) is 0 Å². The van der Waals surface area contributed by atoms with Gasteiger partial charge in [-0.25, -0.2) is 0 Å². The Kier molecular flexibility index (Phi) is 5.38. The van der Waals surface area contributed by atoms with Crippen molar-refractivity contribution in [3.05, 3.63) is 11.6 Å². The second kappa shape index (κ2) is 6.32. The van der Waals surface area contributed by atoms with Gasteiger partial charge in [0, 0.05) is 0 Å². The minimum atomic E-state index is 1.24. The fourth-order valence-electron chi connectivity index (χ4n) is 2.59. The summed E-state index contributed by atoms with van der Waals surface area (Å²) in [6.07, 6.45) is 10.6. The molecule has 1 heterocycles. The lowest BCUT2D eigenvalue weighted by molar-refractivity contribution is -0.909. The summed E-state index contributed by atoms with van der Waals surface area (Å²) in [5.41, 5.74) is 1.68. The molecule has 0 spiro atoms. The number of piperidine rings is 1. The highest BCUT2D eigenvalue weighted by atomic mass is 15.3. The van der Waals surface area contributed by atoms with E-state index in [-0.39, 0.29) is 0 Å². The first-order valence-electron chi connectivity index (χ1n) is 6.71. The van der Waals surface area contributed by atoms with Crippen LogP contribution in [0.4, 0.5) is 0 Å². The second-order valence-corrected chi connectivity index (χ2v) is 5.29. The number of likely N-dealkylation sites (N-methyl/N-ethyl adjacent to an activating group) is 1. The molecule has 0 unspecified atom stereocenters. The van der Waals surface area contributed by atoms with Gasteiger partial charge in [0.25, 0.3) is 0 Å². The first kappa shape index (κ1) is 12.8. The summed E-state index contributed by atoms with van der Waals surface area (Å²) in [6.45, 7) is 8.65. The lowest BCUT2D eigenvalue weighted by atomic mass is 10.0. The molecule has 0 aromatic carbocycles. The summed E-state index contributed by atoms with van der Waals surface area (Å²) >= 11 is 0. The number of hydrogen-bond acceptors (Lipinski definition) is 0. The van der Waals surface area contributed by atoms with Crippen LogP contribution in [0.15, 0.2) is 11.6 Å². The monoisotopic (exact) mass is 210 g/mol. The predicted octanol–water partition coefficient (Wildman–Crippen LogP) is 3.75. The lowest BCUT2D eigenvalue weighted by Gasteiger charge is -2.38. The number of rotatable bonds is 5. The molecule has 0 N–H and O–H groups in total. The first-order valence-corrected chi connectivity index (χ1v) is 6.71. The largest absolute Gasteiger partial charge is 0.323 e. The fourth-order valence-corrected chi connectivity index (χ4v) is 2.59. The van der Waals surface area contributed by atoms with Gasteiger partial charge in [0.15, 0.2) is 0 Å². The van der Waals surface area contributed by atoms with E-state index in [0.29, 0.717) is 0 Å². The molecule has 15 heavy (non-hydrogen) atoms. The van der Waals surface area contributed by atoms with Crippen LogP contribution in [0.1, 0.15) is 52.4 Å². The first-order chi connectivity index (χ1) is 7.20. The van der Waals surface area contributed by atoms with E-state index >= 15 is 0 Å².